The van der Waals surface area contributed by atoms with E-state index in [2.05, 4.69) is 20.9 Å². The van der Waals surface area contributed by atoms with Crippen molar-refractivity contribution in [3.05, 3.63) is 49.5 Å². The Balaban J connectivity index is 2.37. The number of imidazole rings is 1. The molecule has 1 heterocycles. The lowest BCUT2D eigenvalue weighted by atomic mass is 10.2. The van der Waals surface area contributed by atoms with Crippen LogP contribution in [0.2, 0.25) is 0 Å². The molecule has 108 valence electrons. The largest absolute Gasteiger partial charge is 0.369 e. The van der Waals surface area contributed by atoms with E-state index in [-0.39, 0.29) is 11.8 Å². The predicted octanol–water partition coefficient (Wildman–Crippen LogP) is 4.56. The lowest BCUT2D eigenvalue weighted by Crippen LogP contribution is -2.03. The molecule has 0 bridgehead atoms. The molecule has 0 fully saturated rings. The highest BCUT2D eigenvalue weighted by Gasteiger charge is 2.16. The van der Waals surface area contributed by atoms with Gasteiger partial charge in [0, 0.05) is 6.07 Å². The van der Waals surface area contributed by atoms with Gasteiger partial charge in [-0.05, 0) is 69.2 Å². The summed E-state index contributed by atoms with van der Waals surface area (Å²) in [7, 11) is 0. The Morgan fingerprint density at radius 2 is 1.90 bits per heavy atom. The SMILES string of the molecule is Cc1cc(Br)c(F)cc1-n1c(N)nc2cc(I)c(F)cc21. The number of benzene rings is 2. The van der Waals surface area contributed by atoms with Crippen LogP contribution in [-0.4, -0.2) is 9.55 Å². The van der Waals surface area contributed by atoms with Gasteiger partial charge in [-0.25, -0.2) is 13.8 Å². The number of rotatable bonds is 1. The summed E-state index contributed by atoms with van der Waals surface area (Å²) >= 11 is 5.03. The summed E-state index contributed by atoms with van der Waals surface area (Å²) in [6.45, 7) is 1.83. The van der Waals surface area contributed by atoms with E-state index in [4.69, 9.17) is 5.73 Å². The van der Waals surface area contributed by atoms with E-state index in [1.165, 1.54) is 12.1 Å². The van der Waals surface area contributed by atoms with E-state index in [0.717, 1.165) is 5.56 Å². The molecule has 0 aliphatic heterocycles. The third-order valence-electron chi connectivity index (χ3n) is 3.20. The predicted molar refractivity (Wildman–Crippen MR) is 90.6 cm³/mol. The molecule has 2 aromatic carbocycles. The average Bonchev–Trinajstić information content (AvgIpc) is 2.70. The van der Waals surface area contributed by atoms with Crippen LogP contribution in [0, 0.1) is 22.1 Å². The molecule has 21 heavy (non-hydrogen) atoms. The zero-order valence-corrected chi connectivity index (χ0v) is 14.5. The van der Waals surface area contributed by atoms with Gasteiger partial charge in [0.25, 0.3) is 0 Å². The first-order valence-electron chi connectivity index (χ1n) is 5.97. The maximum atomic E-state index is 13.8. The second kappa shape index (κ2) is 5.20. The summed E-state index contributed by atoms with van der Waals surface area (Å²) < 4.78 is 30.0. The fraction of sp³-hybridized carbons (Fsp3) is 0.0714. The second-order valence-corrected chi connectivity index (χ2v) is 6.63. The quantitative estimate of drug-likeness (QED) is 0.537. The molecule has 0 unspecified atom stereocenters. The summed E-state index contributed by atoms with van der Waals surface area (Å²) in [6, 6.07) is 5.98. The van der Waals surface area contributed by atoms with Gasteiger partial charge in [-0.3, -0.25) is 4.57 Å². The minimum atomic E-state index is -0.414. The molecule has 3 nitrogen and oxygen atoms in total. The van der Waals surface area contributed by atoms with Crippen LogP contribution in [0.15, 0.2) is 28.7 Å². The van der Waals surface area contributed by atoms with Crippen molar-refractivity contribution >= 4 is 55.5 Å². The van der Waals surface area contributed by atoms with E-state index in [9.17, 15) is 8.78 Å². The third kappa shape index (κ3) is 2.42. The average molecular weight is 464 g/mol. The Hall–Kier alpha value is -1.22. The molecule has 0 spiro atoms. The minimum Gasteiger partial charge on any atom is -0.369 e. The number of fused-ring (bicyclic) bond motifs is 1. The molecule has 3 rings (SSSR count). The summed E-state index contributed by atoms with van der Waals surface area (Å²) in [5, 5.41) is 0. The van der Waals surface area contributed by atoms with Crippen molar-refractivity contribution in [1.29, 1.82) is 0 Å². The standard InChI is InChI=1S/C14H9BrF2IN3/c1-6-2-7(15)8(16)3-12(6)21-13-4-9(17)10(18)5-11(13)20-14(21)19/h2-5H,1H3,(H2,19,20). The number of nitrogen functional groups attached to an aromatic ring is 1. The fourth-order valence-corrected chi connectivity index (χ4v) is 3.13. The lowest BCUT2D eigenvalue weighted by Gasteiger charge is -2.11. The van der Waals surface area contributed by atoms with Crippen LogP contribution < -0.4 is 5.73 Å². The fourth-order valence-electron chi connectivity index (χ4n) is 2.22. The van der Waals surface area contributed by atoms with Crippen LogP contribution in [0.4, 0.5) is 14.7 Å². The number of aryl methyl sites for hydroxylation is 1. The molecule has 0 saturated heterocycles. The van der Waals surface area contributed by atoms with Gasteiger partial charge < -0.3 is 5.73 Å². The Labute approximate surface area is 141 Å². The first kappa shape index (κ1) is 14.7. The number of hydrogen-bond donors (Lipinski definition) is 1. The number of anilines is 1. The zero-order valence-electron chi connectivity index (χ0n) is 10.8. The van der Waals surface area contributed by atoms with Crippen molar-refractivity contribution in [1.82, 2.24) is 9.55 Å². The first-order chi connectivity index (χ1) is 9.88. The van der Waals surface area contributed by atoms with Crippen molar-refractivity contribution in [3.63, 3.8) is 0 Å². The van der Waals surface area contributed by atoms with E-state index in [1.807, 2.05) is 29.5 Å². The van der Waals surface area contributed by atoms with E-state index >= 15 is 0 Å². The third-order valence-corrected chi connectivity index (χ3v) is 4.64. The minimum absolute atomic E-state index is 0.191. The number of nitrogens with two attached hydrogens (primary N) is 1. The van der Waals surface area contributed by atoms with Crippen LogP contribution in [-0.2, 0) is 0 Å². The molecule has 2 N–H and O–H groups in total. The number of aromatic nitrogens is 2. The molecule has 0 radical (unpaired) electrons. The maximum Gasteiger partial charge on any atom is 0.205 e. The number of nitrogens with zero attached hydrogens (tertiary/aromatic N) is 2. The van der Waals surface area contributed by atoms with Gasteiger partial charge in [0.15, 0.2) is 0 Å². The van der Waals surface area contributed by atoms with Gasteiger partial charge >= 0.3 is 0 Å². The summed E-state index contributed by atoms with van der Waals surface area (Å²) in [5.74, 6) is -0.585. The van der Waals surface area contributed by atoms with Crippen molar-refractivity contribution < 1.29 is 8.78 Å². The highest BCUT2D eigenvalue weighted by Crippen LogP contribution is 2.30. The monoisotopic (exact) mass is 463 g/mol. The topological polar surface area (TPSA) is 43.8 Å². The maximum absolute atomic E-state index is 13.8. The summed E-state index contributed by atoms with van der Waals surface area (Å²) in [4.78, 5) is 4.22. The van der Waals surface area contributed by atoms with E-state index in [0.29, 0.717) is 24.8 Å². The molecule has 3 aromatic rings. The van der Waals surface area contributed by atoms with E-state index in [1.54, 1.807) is 16.7 Å². The van der Waals surface area contributed by atoms with Crippen LogP contribution in [0.5, 0.6) is 0 Å². The highest BCUT2D eigenvalue weighted by atomic mass is 127. The van der Waals surface area contributed by atoms with Crippen LogP contribution in [0.3, 0.4) is 0 Å². The lowest BCUT2D eigenvalue weighted by molar-refractivity contribution is 0.619. The molecule has 0 amide bonds. The normalized spacial score (nSPS) is 11.3. The second-order valence-electron chi connectivity index (χ2n) is 4.61. The molecule has 0 aliphatic rings. The zero-order chi connectivity index (χ0) is 15.3. The van der Waals surface area contributed by atoms with Crippen molar-refractivity contribution in [3.8, 4) is 5.69 Å². The van der Waals surface area contributed by atoms with Crippen LogP contribution in [0.1, 0.15) is 5.56 Å². The summed E-state index contributed by atoms with van der Waals surface area (Å²) in [5.41, 5.74) is 8.35. The van der Waals surface area contributed by atoms with Gasteiger partial charge in [-0.15, -0.1) is 0 Å². The molecule has 0 saturated carbocycles. The van der Waals surface area contributed by atoms with Crippen molar-refractivity contribution in [2.75, 3.05) is 5.73 Å². The Kier molecular flexibility index (Phi) is 3.64. The van der Waals surface area contributed by atoms with Gasteiger partial charge in [0.05, 0.1) is 24.8 Å². The molecular formula is C14H9BrF2IN3. The molecule has 1 aromatic heterocycles. The van der Waals surface area contributed by atoms with Gasteiger partial charge in [0.1, 0.15) is 11.6 Å². The van der Waals surface area contributed by atoms with Gasteiger partial charge in [0.2, 0.25) is 5.95 Å². The Morgan fingerprint density at radius 1 is 1.19 bits per heavy atom. The molecular weight excluding hydrogens is 455 g/mol. The van der Waals surface area contributed by atoms with Gasteiger partial charge in [-0.2, -0.15) is 0 Å². The van der Waals surface area contributed by atoms with Gasteiger partial charge in [-0.1, -0.05) is 0 Å². The van der Waals surface area contributed by atoms with Crippen molar-refractivity contribution in [2.24, 2.45) is 0 Å². The number of halogens is 4. The smallest absolute Gasteiger partial charge is 0.205 e. The molecule has 0 atom stereocenters. The molecule has 0 aliphatic carbocycles. The first-order valence-corrected chi connectivity index (χ1v) is 7.84. The van der Waals surface area contributed by atoms with Crippen molar-refractivity contribution in [2.45, 2.75) is 6.92 Å². The van der Waals surface area contributed by atoms with Crippen LogP contribution >= 0.6 is 38.5 Å². The summed E-state index contributed by atoms with van der Waals surface area (Å²) in [6.07, 6.45) is 0. The van der Waals surface area contributed by atoms with E-state index < -0.39 is 5.82 Å². The Bertz CT molecular complexity index is 877. The Morgan fingerprint density at radius 3 is 2.62 bits per heavy atom. The molecule has 7 heteroatoms. The highest BCUT2D eigenvalue weighted by molar-refractivity contribution is 14.1. The van der Waals surface area contributed by atoms with Crippen LogP contribution in [0.25, 0.3) is 16.7 Å². The number of hydrogen-bond acceptors (Lipinski definition) is 2.